The zero-order valence-corrected chi connectivity index (χ0v) is 13.7. The van der Waals surface area contributed by atoms with Gasteiger partial charge in [0.15, 0.2) is 0 Å². The van der Waals surface area contributed by atoms with Gasteiger partial charge in [0.25, 0.3) is 0 Å². The minimum absolute atomic E-state index is 0.0351. The lowest BCUT2D eigenvalue weighted by Gasteiger charge is -2.29. The number of nitrogens with zero attached hydrogens (tertiary/aromatic N) is 1. The van der Waals surface area contributed by atoms with E-state index in [-0.39, 0.29) is 23.7 Å². The van der Waals surface area contributed by atoms with E-state index < -0.39 is 6.10 Å². The Balaban J connectivity index is 1.82. The maximum absolute atomic E-state index is 12.2. The molecule has 1 aliphatic rings. The van der Waals surface area contributed by atoms with Crippen LogP contribution in [0.2, 0.25) is 0 Å². The van der Waals surface area contributed by atoms with E-state index in [1.165, 1.54) is 0 Å². The van der Waals surface area contributed by atoms with Gasteiger partial charge in [-0.3, -0.25) is 4.79 Å². The number of nitrogens with one attached hydrogen (secondary N) is 1. The van der Waals surface area contributed by atoms with Gasteiger partial charge < -0.3 is 25.2 Å². The average Bonchev–Trinajstić information content (AvgIpc) is 2.55. The molecule has 1 aromatic rings. The van der Waals surface area contributed by atoms with Crippen LogP contribution in [0.25, 0.3) is 0 Å². The number of carbonyl (C=O) groups excluding carboxylic acids is 1. The first-order valence-electron chi connectivity index (χ1n) is 8.06. The lowest BCUT2D eigenvalue weighted by atomic mass is 10.0. The summed E-state index contributed by atoms with van der Waals surface area (Å²) in [5.41, 5.74) is 0.731. The molecule has 0 aromatic heterocycles. The molecule has 1 aliphatic heterocycles. The van der Waals surface area contributed by atoms with E-state index in [2.05, 4.69) is 5.32 Å². The first kappa shape index (κ1) is 17.7. The SMILES string of the molecule is C[C@H](CC(=O)N1CCOCC1)N[C@@H](C)[C@@H](O)c1ccc(O)cc1. The summed E-state index contributed by atoms with van der Waals surface area (Å²) < 4.78 is 5.25. The van der Waals surface area contributed by atoms with Crippen molar-refractivity contribution in [1.29, 1.82) is 0 Å². The molecule has 128 valence electrons. The smallest absolute Gasteiger partial charge is 0.224 e. The number of amides is 1. The third kappa shape index (κ3) is 5.20. The maximum atomic E-state index is 12.2. The van der Waals surface area contributed by atoms with E-state index in [9.17, 15) is 15.0 Å². The number of ether oxygens (including phenoxy) is 1. The van der Waals surface area contributed by atoms with Crippen molar-refractivity contribution < 1.29 is 19.7 Å². The van der Waals surface area contributed by atoms with Gasteiger partial charge in [-0.2, -0.15) is 0 Å². The highest BCUT2D eigenvalue weighted by molar-refractivity contribution is 5.76. The second-order valence-electron chi connectivity index (χ2n) is 6.09. The van der Waals surface area contributed by atoms with E-state index in [0.29, 0.717) is 32.7 Å². The van der Waals surface area contributed by atoms with Crippen molar-refractivity contribution in [2.75, 3.05) is 26.3 Å². The minimum Gasteiger partial charge on any atom is -0.508 e. The molecule has 2 rings (SSSR count). The Hall–Kier alpha value is -1.63. The summed E-state index contributed by atoms with van der Waals surface area (Å²) in [5.74, 6) is 0.283. The summed E-state index contributed by atoms with van der Waals surface area (Å²) in [6.45, 7) is 6.33. The van der Waals surface area contributed by atoms with Crippen molar-refractivity contribution in [3.63, 3.8) is 0 Å². The second kappa shape index (κ2) is 8.29. The van der Waals surface area contributed by atoms with E-state index >= 15 is 0 Å². The molecule has 1 aromatic carbocycles. The van der Waals surface area contributed by atoms with E-state index in [4.69, 9.17) is 4.74 Å². The third-order valence-corrected chi connectivity index (χ3v) is 4.10. The number of phenols is 1. The number of rotatable bonds is 6. The first-order chi connectivity index (χ1) is 11.0. The van der Waals surface area contributed by atoms with Gasteiger partial charge in [-0.05, 0) is 31.5 Å². The molecule has 0 aliphatic carbocycles. The highest BCUT2D eigenvalue weighted by Crippen LogP contribution is 2.20. The van der Waals surface area contributed by atoms with Crippen LogP contribution in [0.4, 0.5) is 0 Å². The minimum atomic E-state index is -0.698. The van der Waals surface area contributed by atoms with Gasteiger partial charge in [-0.15, -0.1) is 0 Å². The highest BCUT2D eigenvalue weighted by atomic mass is 16.5. The van der Waals surface area contributed by atoms with E-state index in [1.807, 2.05) is 18.7 Å². The Morgan fingerprint density at radius 3 is 2.48 bits per heavy atom. The van der Waals surface area contributed by atoms with Crippen LogP contribution < -0.4 is 5.32 Å². The van der Waals surface area contributed by atoms with Crippen LogP contribution in [0, 0.1) is 0 Å². The van der Waals surface area contributed by atoms with E-state index in [0.717, 1.165) is 5.56 Å². The molecule has 6 nitrogen and oxygen atoms in total. The molecule has 23 heavy (non-hydrogen) atoms. The van der Waals surface area contributed by atoms with Gasteiger partial charge in [0.2, 0.25) is 5.91 Å². The van der Waals surface area contributed by atoms with Crippen molar-refractivity contribution in [3.8, 4) is 5.75 Å². The third-order valence-electron chi connectivity index (χ3n) is 4.10. The van der Waals surface area contributed by atoms with E-state index in [1.54, 1.807) is 24.3 Å². The number of aliphatic hydroxyl groups excluding tert-OH is 1. The van der Waals surface area contributed by atoms with Crippen LogP contribution in [-0.4, -0.2) is 59.4 Å². The molecule has 1 heterocycles. The zero-order valence-electron chi connectivity index (χ0n) is 13.7. The summed E-state index contributed by atoms with van der Waals surface area (Å²) in [7, 11) is 0. The predicted molar refractivity (Wildman–Crippen MR) is 87.1 cm³/mol. The van der Waals surface area contributed by atoms with Crippen molar-refractivity contribution in [1.82, 2.24) is 10.2 Å². The van der Waals surface area contributed by atoms with Crippen LogP contribution in [0.1, 0.15) is 31.9 Å². The standard InChI is InChI=1S/C17H26N2O4/c1-12(11-16(21)19-7-9-23-10-8-19)18-13(2)17(22)14-3-5-15(20)6-4-14/h3-6,12-13,17-18,20,22H,7-11H2,1-2H3/t12-,13+,17-/m1/s1. The quantitative estimate of drug-likeness (QED) is 0.729. The van der Waals surface area contributed by atoms with Crippen LogP contribution in [0.3, 0.4) is 0 Å². The van der Waals surface area contributed by atoms with Gasteiger partial charge in [0.1, 0.15) is 5.75 Å². The number of phenolic OH excluding ortho intramolecular Hbond substituents is 1. The van der Waals surface area contributed by atoms with Gasteiger partial charge >= 0.3 is 0 Å². The van der Waals surface area contributed by atoms with Crippen molar-refractivity contribution in [3.05, 3.63) is 29.8 Å². The van der Waals surface area contributed by atoms with Gasteiger partial charge in [-0.1, -0.05) is 12.1 Å². The van der Waals surface area contributed by atoms with Gasteiger partial charge in [-0.25, -0.2) is 0 Å². The Kier molecular flexibility index (Phi) is 6.38. The number of benzene rings is 1. The molecule has 0 unspecified atom stereocenters. The average molecular weight is 322 g/mol. The van der Waals surface area contributed by atoms with Crippen molar-refractivity contribution >= 4 is 5.91 Å². The topological polar surface area (TPSA) is 82.0 Å². The summed E-state index contributed by atoms with van der Waals surface area (Å²) in [4.78, 5) is 14.0. The molecule has 0 bridgehead atoms. The molecule has 1 fully saturated rings. The fraction of sp³-hybridized carbons (Fsp3) is 0.588. The lowest BCUT2D eigenvalue weighted by molar-refractivity contribution is -0.135. The molecule has 0 radical (unpaired) electrons. The summed E-state index contributed by atoms with van der Waals surface area (Å²) >= 11 is 0. The summed E-state index contributed by atoms with van der Waals surface area (Å²) in [5, 5.41) is 22.9. The monoisotopic (exact) mass is 322 g/mol. The normalized spacial score (nSPS) is 19.2. The molecule has 0 spiro atoms. The Morgan fingerprint density at radius 2 is 1.87 bits per heavy atom. The highest BCUT2D eigenvalue weighted by Gasteiger charge is 2.22. The van der Waals surface area contributed by atoms with Gasteiger partial charge in [0, 0.05) is 31.6 Å². The zero-order chi connectivity index (χ0) is 16.8. The molecule has 1 amide bonds. The fourth-order valence-corrected chi connectivity index (χ4v) is 2.76. The Bertz CT molecular complexity index is 500. The predicted octanol–water partition coefficient (Wildman–Crippen LogP) is 1.04. The number of hydrogen-bond acceptors (Lipinski definition) is 5. The number of morpholine rings is 1. The van der Waals surface area contributed by atoms with Crippen molar-refractivity contribution in [2.45, 2.75) is 38.5 Å². The summed E-state index contributed by atoms with van der Waals surface area (Å²) in [6, 6.07) is 6.26. The molecular weight excluding hydrogens is 296 g/mol. The van der Waals surface area contributed by atoms with Gasteiger partial charge in [0.05, 0.1) is 19.3 Å². The molecule has 3 N–H and O–H groups in total. The number of hydrogen-bond donors (Lipinski definition) is 3. The van der Waals surface area contributed by atoms with Crippen LogP contribution in [-0.2, 0) is 9.53 Å². The number of carbonyl (C=O) groups is 1. The lowest BCUT2D eigenvalue weighted by Crippen LogP contribution is -2.45. The molecule has 6 heteroatoms. The molecular formula is C17H26N2O4. The van der Waals surface area contributed by atoms with Crippen LogP contribution >= 0.6 is 0 Å². The first-order valence-corrected chi connectivity index (χ1v) is 8.06. The fourth-order valence-electron chi connectivity index (χ4n) is 2.76. The second-order valence-corrected chi connectivity index (χ2v) is 6.09. The maximum Gasteiger partial charge on any atom is 0.224 e. The largest absolute Gasteiger partial charge is 0.508 e. The summed E-state index contributed by atoms with van der Waals surface area (Å²) in [6.07, 6.45) is -0.302. The van der Waals surface area contributed by atoms with Crippen LogP contribution in [0.15, 0.2) is 24.3 Å². The number of aliphatic hydroxyl groups is 1. The Labute approximate surface area is 137 Å². The molecule has 3 atom stereocenters. The molecule has 0 saturated carbocycles. The van der Waals surface area contributed by atoms with Crippen molar-refractivity contribution in [2.24, 2.45) is 0 Å². The Morgan fingerprint density at radius 1 is 1.26 bits per heavy atom. The van der Waals surface area contributed by atoms with Crippen LogP contribution in [0.5, 0.6) is 5.75 Å². The number of aromatic hydroxyl groups is 1. The molecule has 1 saturated heterocycles.